The highest BCUT2D eigenvalue weighted by Gasteiger charge is 2.05. The molecule has 3 nitrogen and oxygen atoms in total. The highest BCUT2D eigenvalue weighted by Crippen LogP contribution is 2.16. The summed E-state index contributed by atoms with van der Waals surface area (Å²) in [5, 5.41) is 0. The average Bonchev–Trinajstić information content (AvgIpc) is 2.35. The van der Waals surface area contributed by atoms with Gasteiger partial charge in [-0.05, 0) is 49.9 Å². The highest BCUT2D eigenvalue weighted by molar-refractivity contribution is 5.76. The van der Waals surface area contributed by atoms with Crippen LogP contribution in [0, 0.1) is 13.8 Å². The van der Waals surface area contributed by atoms with Crippen LogP contribution in [0.15, 0.2) is 35.8 Å². The van der Waals surface area contributed by atoms with Gasteiger partial charge in [-0.15, -0.1) is 6.58 Å². The predicted octanol–water partition coefficient (Wildman–Crippen LogP) is 2.98. The van der Waals surface area contributed by atoms with E-state index in [0.29, 0.717) is 6.54 Å². The molecule has 0 saturated carbocycles. The van der Waals surface area contributed by atoms with Crippen molar-refractivity contribution < 1.29 is 0 Å². The number of aromatic nitrogens is 2. The standard InChI is InChI=1S/C15H18N2O/c1-4-5-6-7-17-14-9-12(3)11(2)8-13(14)16-10-15(17)18/h4,8-10H,1,5-7H2,2-3H3. The molecular formula is C15H18N2O. The summed E-state index contributed by atoms with van der Waals surface area (Å²) < 4.78 is 1.80. The van der Waals surface area contributed by atoms with Gasteiger partial charge in [0.2, 0.25) is 0 Å². The lowest BCUT2D eigenvalue weighted by molar-refractivity contribution is 0.647. The molecule has 94 valence electrons. The molecule has 0 amide bonds. The van der Waals surface area contributed by atoms with Crippen molar-refractivity contribution in [2.75, 3.05) is 0 Å². The zero-order chi connectivity index (χ0) is 13.1. The quantitative estimate of drug-likeness (QED) is 0.610. The largest absolute Gasteiger partial charge is 0.305 e. The lowest BCUT2D eigenvalue weighted by Crippen LogP contribution is -2.20. The van der Waals surface area contributed by atoms with Crippen LogP contribution in [0.1, 0.15) is 24.0 Å². The molecule has 3 heteroatoms. The molecule has 1 heterocycles. The Morgan fingerprint density at radius 1 is 1.33 bits per heavy atom. The molecule has 1 aromatic heterocycles. The van der Waals surface area contributed by atoms with E-state index in [1.807, 2.05) is 18.2 Å². The van der Waals surface area contributed by atoms with E-state index in [9.17, 15) is 4.79 Å². The first-order chi connectivity index (χ1) is 8.63. The maximum Gasteiger partial charge on any atom is 0.269 e. The van der Waals surface area contributed by atoms with Crippen LogP contribution >= 0.6 is 0 Å². The van der Waals surface area contributed by atoms with Crippen molar-refractivity contribution in [1.29, 1.82) is 0 Å². The fourth-order valence-electron chi connectivity index (χ4n) is 2.04. The van der Waals surface area contributed by atoms with Gasteiger partial charge in [-0.25, -0.2) is 4.98 Å². The molecular weight excluding hydrogens is 224 g/mol. The molecule has 0 fully saturated rings. The summed E-state index contributed by atoms with van der Waals surface area (Å²) in [6, 6.07) is 4.08. The molecule has 0 radical (unpaired) electrons. The minimum atomic E-state index is -0.0326. The van der Waals surface area contributed by atoms with Crippen LogP contribution in [0.5, 0.6) is 0 Å². The number of benzene rings is 1. The Bertz CT molecular complexity index is 641. The molecule has 0 atom stereocenters. The van der Waals surface area contributed by atoms with E-state index in [-0.39, 0.29) is 5.56 Å². The molecule has 18 heavy (non-hydrogen) atoms. The van der Waals surface area contributed by atoms with E-state index in [1.165, 1.54) is 17.3 Å². The summed E-state index contributed by atoms with van der Waals surface area (Å²) in [7, 11) is 0. The van der Waals surface area contributed by atoms with Gasteiger partial charge in [0.15, 0.2) is 0 Å². The Morgan fingerprint density at radius 3 is 2.78 bits per heavy atom. The fraction of sp³-hybridized carbons (Fsp3) is 0.333. The van der Waals surface area contributed by atoms with Gasteiger partial charge in [-0.3, -0.25) is 4.79 Å². The highest BCUT2D eigenvalue weighted by atomic mass is 16.1. The molecule has 0 aliphatic heterocycles. The van der Waals surface area contributed by atoms with Crippen molar-refractivity contribution >= 4 is 11.0 Å². The molecule has 0 unspecified atom stereocenters. The van der Waals surface area contributed by atoms with Gasteiger partial charge in [0, 0.05) is 6.54 Å². The summed E-state index contributed by atoms with van der Waals surface area (Å²) in [4.78, 5) is 16.1. The molecule has 1 aromatic carbocycles. The third-order valence-electron chi connectivity index (χ3n) is 3.25. The lowest BCUT2D eigenvalue weighted by Gasteiger charge is -2.10. The second-order valence-electron chi connectivity index (χ2n) is 4.60. The molecule has 0 N–H and O–H groups in total. The number of hydrogen-bond donors (Lipinski definition) is 0. The zero-order valence-electron chi connectivity index (χ0n) is 10.9. The Kier molecular flexibility index (Phi) is 3.60. The average molecular weight is 242 g/mol. The Hall–Kier alpha value is -1.90. The van der Waals surface area contributed by atoms with Crippen molar-refractivity contribution in [3.63, 3.8) is 0 Å². The van der Waals surface area contributed by atoms with Crippen LogP contribution in [0.3, 0.4) is 0 Å². The molecule has 2 aromatic rings. The van der Waals surface area contributed by atoms with Gasteiger partial charge in [0.25, 0.3) is 5.56 Å². The number of fused-ring (bicyclic) bond motifs is 1. The van der Waals surface area contributed by atoms with Gasteiger partial charge in [0.1, 0.15) is 0 Å². The minimum Gasteiger partial charge on any atom is -0.305 e. The van der Waals surface area contributed by atoms with E-state index in [2.05, 4.69) is 25.4 Å². The van der Waals surface area contributed by atoms with Crippen LogP contribution in [0.2, 0.25) is 0 Å². The number of unbranched alkanes of at least 4 members (excludes halogenated alkanes) is 1. The lowest BCUT2D eigenvalue weighted by atomic mass is 10.1. The molecule has 0 aliphatic rings. The normalized spacial score (nSPS) is 10.8. The maximum absolute atomic E-state index is 11.9. The Balaban J connectivity index is 2.55. The van der Waals surface area contributed by atoms with Gasteiger partial charge in [-0.2, -0.15) is 0 Å². The van der Waals surface area contributed by atoms with E-state index in [1.54, 1.807) is 4.57 Å². The van der Waals surface area contributed by atoms with Gasteiger partial charge < -0.3 is 4.57 Å². The smallest absolute Gasteiger partial charge is 0.269 e. The second-order valence-corrected chi connectivity index (χ2v) is 4.60. The number of allylic oxidation sites excluding steroid dienone is 1. The maximum atomic E-state index is 11.9. The molecule has 0 spiro atoms. The summed E-state index contributed by atoms with van der Waals surface area (Å²) >= 11 is 0. The third kappa shape index (κ3) is 2.35. The van der Waals surface area contributed by atoms with Crippen molar-refractivity contribution in [2.24, 2.45) is 0 Å². The van der Waals surface area contributed by atoms with Crippen molar-refractivity contribution in [2.45, 2.75) is 33.2 Å². The third-order valence-corrected chi connectivity index (χ3v) is 3.25. The SMILES string of the molecule is C=CCCCn1c(=O)cnc2cc(C)c(C)cc21. The van der Waals surface area contributed by atoms with E-state index >= 15 is 0 Å². The summed E-state index contributed by atoms with van der Waals surface area (Å²) in [5.74, 6) is 0. The topological polar surface area (TPSA) is 34.9 Å². The summed E-state index contributed by atoms with van der Waals surface area (Å²) in [6.45, 7) is 8.53. The number of hydrogen-bond acceptors (Lipinski definition) is 2. The van der Waals surface area contributed by atoms with E-state index in [0.717, 1.165) is 23.9 Å². The summed E-state index contributed by atoms with van der Waals surface area (Å²) in [5.41, 5.74) is 4.17. The van der Waals surface area contributed by atoms with Gasteiger partial charge in [-0.1, -0.05) is 6.08 Å². The van der Waals surface area contributed by atoms with Crippen LogP contribution < -0.4 is 5.56 Å². The number of aryl methyl sites for hydroxylation is 3. The fourth-order valence-corrected chi connectivity index (χ4v) is 2.04. The Morgan fingerprint density at radius 2 is 2.06 bits per heavy atom. The summed E-state index contributed by atoms with van der Waals surface area (Å²) in [6.07, 6.45) is 5.13. The number of rotatable bonds is 4. The first kappa shape index (κ1) is 12.6. The van der Waals surface area contributed by atoms with Crippen LogP contribution in [0.4, 0.5) is 0 Å². The molecule has 0 saturated heterocycles. The predicted molar refractivity (Wildman–Crippen MR) is 74.9 cm³/mol. The first-order valence-electron chi connectivity index (χ1n) is 6.21. The monoisotopic (exact) mass is 242 g/mol. The molecule has 0 bridgehead atoms. The number of nitrogens with zero attached hydrogens (tertiary/aromatic N) is 2. The van der Waals surface area contributed by atoms with Crippen LogP contribution in [-0.4, -0.2) is 9.55 Å². The van der Waals surface area contributed by atoms with E-state index in [4.69, 9.17) is 0 Å². The second kappa shape index (κ2) is 5.17. The molecule has 0 aliphatic carbocycles. The minimum absolute atomic E-state index is 0.0326. The Labute approximate surface area is 107 Å². The van der Waals surface area contributed by atoms with Crippen LogP contribution in [0.25, 0.3) is 11.0 Å². The van der Waals surface area contributed by atoms with Crippen LogP contribution in [-0.2, 0) is 6.54 Å². The van der Waals surface area contributed by atoms with Gasteiger partial charge >= 0.3 is 0 Å². The first-order valence-corrected chi connectivity index (χ1v) is 6.21. The zero-order valence-corrected chi connectivity index (χ0v) is 10.9. The molecule has 2 rings (SSSR count). The van der Waals surface area contributed by atoms with Crippen molar-refractivity contribution in [1.82, 2.24) is 9.55 Å². The van der Waals surface area contributed by atoms with Crippen molar-refractivity contribution in [3.8, 4) is 0 Å². The van der Waals surface area contributed by atoms with Gasteiger partial charge in [0.05, 0.1) is 17.2 Å². The van der Waals surface area contributed by atoms with Crippen molar-refractivity contribution in [3.05, 3.63) is 52.5 Å². The van der Waals surface area contributed by atoms with E-state index < -0.39 is 0 Å².